The Hall–Kier alpha value is -1.87. The maximum Gasteiger partial charge on any atom is 0.262 e. The van der Waals surface area contributed by atoms with E-state index in [1.807, 2.05) is 0 Å². The Morgan fingerprint density at radius 3 is 2.87 bits per heavy atom. The third kappa shape index (κ3) is 1.82. The zero-order valence-electron chi connectivity index (χ0n) is 8.05. The molecule has 75 valence electrons. The number of carbonyl (C=O) groups is 1. The van der Waals surface area contributed by atoms with Gasteiger partial charge in [0.2, 0.25) is 0 Å². The molecule has 1 heterocycles. The van der Waals surface area contributed by atoms with Gasteiger partial charge in [0.05, 0.1) is 12.3 Å². The molecule has 0 unspecified atom stereocenters. The molecule has 2 rings (SSSR count). The first-order valence-electron chi connectivity index (χ1n) is 4.61. The Kier molecular flexibility index (Phi) is 2.65. The lowest BCUT2D eigenvalue weighted by Gasteiger charge is -2.04. The van der Waals surface area contributed by atoms with Gasteiger partial charge < -0.3 is 5.11 Å². The van der Waals surface area contributed by atoms with Crippen LogP contribution in [-0.2, 0) is 6.61 Å². The van der Waals surface area contributed by atoms with Crippen LogP contribution in [0.25, 0.3) is 0 Å². The van der Waals surface area contributed by atoms with Crippen molar-refractivity contribution in [3.05, 3.63) is 59.9 Å². The molecule has 2 aromatic rings. The van der Waals surface area contributed by atoms with Crippen LogP contribution in [0.4, 0.5) is 0 Å². The van der Waals surface area contributed by atoms with Gasteiger partial charge in [0, 0.05) is 11.8 Å². The number of nitrogens with zero attached hydrogens (tertiary/aromatic N) is 1. The van der Waals surface area contributed by atoms with Crippen molar-refractivity contribution >= 4 is 5.91 Å². The minimum Gasteiger partial charge on any atom is -0.390 e. The molecule has 15 heavy (non-hydrogen) atoms. The molecule has 1 aromatic carbocycles. The van der Waals surface area contributed by atoms with E-state index in [0.717, 1.165) is 0 Å². The first kappa shape index (κ1) is 9.68. The zero-order chi connectivity index (χ0) is 10.7. The largest absolute Gasteiger partial charge is 0.390 e. The molecule has 0 atom stereocenters. The average molecular weight is 200 g/mol. The molecule has 1 N–H and O–H groups in total. The van der Waals surface area contributed by atoms with Crippen LogP contribution in [0.1, 0.15) is 16.1 Å². The van der Waals surface area contributed by atoms with Gasteiger partial charge in [-0.15, -0.1) is 0 Å². The average Bonchev–Trinajstić information content (AvgIpc) is 2.77. The van der Waals surface area contributed by atoms with E-state index < -0.39 is 0 Å². The molecule has 0 saturated carbocycles. The topological polar surface area (TPSA) is 42.2 Å². The SMILES string of the molecule is O=C(c1[c]cccc1)n1cccc1CO. The van der Waals surface area contributed by atoms with Crippen LogP contribution in [0, 0.1) is 6.07 Å². The Morgan fingerprint density at radius 1 is 1.33 bits per heavy atom. The standard InChI is InChI=1S/C12H10NO2/c14-9-11-7-4-8-13(11)12(15)10-5-2-1-3-6-10/h1-5,7-8,14H,9H2. The van der Waals surface area contributed by atoms with Gasteiger partial charge in [0.1, 0.15) is 0 Å². The van der Waals surface area contributed by atoms with Gasteiger partial charge >= 0.3 is 0 Å². The quantitative estimate of drug-likeness (QED) is 0.797. The summed E-state index contributed by atoms with van der Waals surface area (Å²) in [7, 11) is 0. The van der Waals surface area contributed by atoms with Crippen molar-refractivity contribution < 1.29 is 9.90 Å². The lowest BCUT2D eigenvalue weighted by Crippen LogP contribution is -2.13. The lowest BCUT2D eigenvalue weighted by molar-refractivity contribution is 0.0951. The van der Waals surface area contributed by atoms with Crippen LogP contribution in [0.5, 0.6) is 0 Å². The monoisotopic (exact) mass is 200 g/mol. The van der Waals surface area contributed by atoms with E-state index in [-0.39, 0.29) is 12.5 Å². The van der Waals surface area contributed by atoms with Crippen LogP contribution >= 0.6 is 0 Å². The molecule has 0 amide bonds. The van der Waals surface area contributed by atoms with Gasteiger partial charge in [-0.3, -0.25) is 9.36 Å². The highest BCUT2D eigenvalue weighted by atomic mass is 16.3. The summed E-state index contributed by atoms with van der Waals surface area (Å²) in [6.45, 7) is -0.147. The number of benzene rings is 1. The van der Waals surface area contributed by atoms with Crippen LogP contribution in [-0.4, -0.2) is 15.6 Å². The molecular weight excluding hydrogens is 190 g/mol. The Labute approximate surface area is 87.6 Å². The highest BCUT2D eigenvalue weighted by Crippen LogP contribution is 2.07. The molecule has 0 aliphatic carbocycles. The molecule has 0 bridgehead atoms. The van der Waals surface area contributed by atoms with E-state index in [1.54, 1.807) is 42.6 Å². The van der Waals surface area contributed by atoms with Crippen LogP contribution in [0.3, 0.4) is 0 Å². The van der Waals surface area contributed by atoms with E-state index in [4.69, 9.17) is 5.11 Å². The maximum absolute atomic E-state index is 11.9. The Morgan fingerprint density at radius 2 is 2.20 bits per heavy atom. The van der Waals surface area contributed by atoms with E-state index >= 15 is 0 Å². The first-order valence-corrected chi connectivity index (χ1v) is 4.61. The molecule has 0 spiro atoms. The highest BCUT2D eigenvalue weighted by molar-refractivity contribution is 5.96. The Balaban J connectivity index is 2.37. The van der Waals surface area contributed by atoms with E-state index in [1.165, 1.54) is 4.57 Å². The predicted molar refractivity (Wildman–Crippen MR) is 55.4 cm³/mol. The summed E-state index contributed by atoms with van der Waals surface area (Å²) >= 11 is 0. The summed E-state index contributed by atoms with van der Waals surface area (Å²) in [6.07, 6.45) is 1.63. The molecule has 3 heteroatoms. The van der Waals surface area contributed by atoms with Crippen molar-refractivity contribution in [1.29, 1.82) is 0 Å². The van der Waals surface area contributed by atoms with Crippen LogP contribution in [0.15, 0.2) is 42.6 Å². The number of aliphatic hydroxyl groups is 1. The summed E-state index contributed by atoms with van der Waals surface area (Å²) in [4.78, 5) is 11.9. The predicted octanol–water partition coefficient (Wildman–Crippen LogP) is 1.47. The fourth-order valence-corrected chi connectivity index (χ4v) is 1.40. The number of aliphatic hydroxyl groups excluding tert-OH is 1. The molecule has 0 aliphatic heterocycles. The van der Waals surface area contributed by atoms with Crippen molar-refractivity contribution in [3.8, 4) is 0 Å². The van der Waals surface area contributed by atoms with Crippen molar-refractivity contribution in [2.75, 3.05) is 0 Å². The summed E-state index contributed by atoms with van der Waals surface area (Å²) in [5, 5.41) is 9.02. The van der Waals surface area contributed by atoms with Gasteiger partial charge in [-0.25, -0.2) is 0 Å². The highest BCUT2D eigenvalue weighted by Gasteiger charge is 2.10. The van der Waals surface area contributed by atoms with Crippen molar-refractivity contribution in [3.63, 3.8) is 0 Å². The van der Waals surface area contributed by atoms with Crippen molar-refractivity contribution in [2.45, 2.75) is 6.61 Å². The molecule has 1 radical (unpaired) electrons. The second kappa shape index (κ2) is 4.11. The fourth-order valence-electron chi connectivity index (χ4n) is 1.40. The Bertz CT molecular complexity index is 459. The molecule has 1 aromatic heterocycles. The molecule has 0 saturated heterocycles. The second-order valence-corrected chi connectivity index (χ2v) is 3.11. The second-order valence-electron chi connectivity index (χ2n) is 3.11. The van der Waals surface area contributed by atoms with E-state index in [0.29, 0.717) is 11.3 Å². The van der Waals surface area contributed by atoms with Crippen LogP contribution in [0.2, 0.25) is 0 Å². The molecule has 3 nitrogen and oxygen atoms in total. The first-order chi connectivity index (χ1) is 7.33. The molecular formula is C12H10NO2. The fraction of sp³-hybridized carbons (Fsp3) is 0.0833. The number of hydrogen-bond acceptors (Lipinski definition) is 2. The zero-order valence-corrected chi connectivity index (χ0v) is 8.05. The van der Waals surface area contributed by atoms with Gasteiger partial charge in [-0.2, -0.15) is 0 Å². The van der Waals surface area contributed by atoms with Crippen LogP contribution < -0.4 is 0 Å². The third-order valence-corrected chi connectivity index (χ3v) is 2.15. The lowest BCUT2D eigenvalue weighted by atomic mass is 10.2. The minimum atomic E-state index is -0.176. The van der Waals surface area contributed by atoms with Gasteiger partial charge in [-0.1, -0.05) is 18.2 Å². The number of aromatic nitrogens is 1. The van der Waals surface area contributed by atoms with Gasteiger partial charge in [-0.05, 0) is 24.3 Å². The molecule has 0 aliphatic rings. The third-order valence-electron chi connectivity index (χ3n) is 2.15. The number of rotatable bonds is 2. The number of carbonyl (C=O) groups excluding carboxylic acids is 1. The minimum absolute atomic E-state index is 0.147. The maximum atomic E-state index is 11.9. The van der Waals surface area contributed by atoms with E-state index in [9.17, 15) is 4.79 Å². The summed E-state index contributed by atoms with van der Waals surface area (Å²) in [5.41, 5.74) is 1.07. The van der Waals surface area contributed by atoms with Crippen molar-refractivity contribution in [2.24, 2.45) is 0 Å². The van der Waals surface area contributed by atoms with Crippen molar-refractivity contribution in [1.82, 2.24) is 4.57 Å². The van der Waals surface area contributed by atoms with E-state index in [2.05, 4.69) is 6.07 Å². The molecule has 0 fully saturated rings. The normalized spacial score (nSPS) is 10.2. The summed E-state index contributed by atoms with van der Waals surface area (Å²) < 4.78 is 1.42. The van der Waals surface area contributed by atoms with Gasteiger partial charge in [0.25, 0.3) is 5.91 Å². The summed E-state index contributed by atoms with van der Waals surface area (Å²) in [5.74, 6) is -0.176. The smallest absolute Gasteiger partial charge is 0.262 e. The summed E-state index contributed by atoms with van der Waals surface area (Å²) in [6, 6.07) is 13.3. The number of hydrogen-bond donors (Lipinski definition) is 1. The van der Waals surface area contributed by atoms with Gasteiger partial charge in [0.15, 0.2) is 0 Å².